The van der Waals surface area contributed by atoms with Crippen LogP contribution in [0.2, 0.25) is 0 Å². The molecule has 0 atom stereocenters. The molecule has 0 spiro atoms. The smallest absolute Gasteiger partial charge is 0.363 e. The van der Waals surface area contributed by atoms with Crippen molar-refractivity contribution in [2.24, 2.45) is 0 Å². The Labute approximate surface area is 157 Å². The minimum absolute atomic E-state index is 0.00647. The van der Waals surface area contributed by atoms with Gasteiger partial charge in [0.25, 0.3) is 0 Å². The van der Waals surface area contributed by atoms with E-state index in [2.05, 4.69) is 31.7 Å². The first-order valence-electron chi connectivity index (χ1n) is 7.64. The molecule has 0 aliphatic rings. The molecule has 0 radical (unpaired) electrons. The van der Waals surface area contributed by atoms with Crippen LogP contribution in [0, 0.1) is 6.92 Å². The quantitative estimate of drug-likeness (QED) is 0.531. The van der Waals surface area contributed by atoms with Crippen LogP contribution in [0.4, 0.5) is 13.2 Å². The number of nitrogens with zero attached hydrogens (tertiary/aromatic N) is 2. The summed E-state index contributed by atoms with van der Waals surface area (Å²) in [4.78, 5) is 0. The van der Waals surface area contributed by atoms with Gasteiger partial charge in [-0.3, -0.25) is 4.68 Å². The summed E-state index contributed by atoms with van der Waals surface area (Å²) in [6.07, 6.45) is -3.87. The number of halogens is 4. The minimum atomic E-state index is -4.46. The van der Waals surface area contributed by atoms with Crippen molar-refractivity contribution in [1.29, 1.82) is 0 Å². The summed E-state index contributed by atoms with van der Waals surface area (Å²) in [7, 11) is 0. The average molecular weight is 435 g/mol. The lowest BCUT2D eigenvalue weighted by molar-refractivity contribution is -0.142. The number of nitrogens with one attached hydrogen (secondary N) is 2. The summed E-state index contributed by atoms with van der Waals surface area (Å²) in [5, 5.41) is 10.3. The van der Waals surface area contributed by atoms with Gasteiger partial charge in [0, 0.05) is 19.6 Å². The normalized spacial score (nSPS) is 11.4. The van der Waals surface area contributed by atoms with Gasteiger partial charge in [-0.1, -0.05) is 30.3 Å². The summed E-state index contributed by atoms with van der Waals surface area (Å²) < 4.78 is 39.8. The fourth-order valence-electron chi connectivity index (χ4n) is 2.19. The number of alkyl halides is 3. The zero-order valence-corrected chi connectivity index (χ0v) is 15.9. The van der Waals surface area contributed by atoms with E-state index < -0.39 is 11.9 Å². The van der Waals surface area contributed by atoms with Crippen molar-refractivity contribution in [3.05, 3.63) is 51.8 Å². The highest BCUT2D eigenvalue weighted by Crippen LogP contribution is 2.35. The highest BCUT2D eigenvalue weighted by molar-refractivity contribution is 9.10. The maximum absolute atomic E-state index is 12.8. The van der Waals surface area contributed by atoms with Crippen LogP contribution in [0.3, 0.4) is 0 Å². The molecule has 2 rings (SSSR count). The van der Waals surface area contributed by atoms with Crippen molar-refractivity contribution in [2.75, 3.05) is 6.54 Å². The number of thiocarbonyl (C=S) groups is 1. The Hall–Kier alpha value is -1.61. The lowest BCUT2D eigenvalue weighted by Gasteiger charge is -2.11. The number of aromatic nitrogens is 2. The third-order valence-electron chi connectivity index (χ3n) is 3.53. The van der Waals surface area contributed by atoms with Crippen LogP contribution in [0.15, 0.2) is 34.8 Å². The average Bonchev–Trinajstić information content (AvgIpc) is 2.86. The van der Waals surface area contributed by atoms with Gasteiger partial charge in [0.05, 0.1) is 10.2 Å². The van der Waals surface area contributed by atoms with E-state index in [0.29, 0.717) is 36.9 Å². The Morgan fingerprint density at radius 1 is 1.24 bits per heavy atom. The van der Waals surface area contributed by atoms with Crippen molar-refractivity contribution in [2.45, 2.75) is 32.6 Å². The second kappa shape index (κ2) is 8.66. The predicted molar refractivity (Wildman–Crippen MR) is 98.2 cm³/mol. The SMILES string of the molecule is Cc1c(Br)c(C(F)(F)F)nn1CCCNC(=S)NCc1ccccc1. The molecule has 0 saturated heterocycles. The molecular formula is C16H18BrF3N4S. The molecule has 9 heteroatoms. The fourth-order valence-corrected chi connectivity index (χ4v) is 2.88. The van der Waals surface area contributed by atoms with Gasteiger partial charge in [-0.2, -0.15) is 18.3 Å². The van der Waals surface area contributed by atoms with E-state index in [1.54, 1.807) is 6.92 Å². The molecule has 1 aromatic carbocycles. The monoisotopic (exact) mass is 434 g/mol. The summed E-state index contributed by atoms with van der Waals surface area (Å²) in [6.45, 7) is 3.13. The summed E-state index contributed by atoms with van der Waals surface area (Å²) in [5.41, 5.74) is 0.679. The van der Waals surface area contributed by atoms with E-state index in [4.69, 9.17) is 12.2 Å². The Kier molecular flexibility index (Phi) is 6.83. The maximum Gasteiger partial charge on any atom is 0.436 e. The van der Waals surface area contributed by atoms with E-state index in [1.165, 1.54) is 4.68 Å². The van der Waals surface area contributed by atoms with Crippen LogP contribution in [-0.2, 0) is 19.3 Å². The largest absolute Gasteiger partial charge is 0.436 e. The topological polar surface area (TPSA) is 41.9 Å². The van der Waals surface area contributed by atoms with Crippen LogP contribution in [0.25, 0.3) is 0 Å². The van der Waals surface area contributed by atoms with E-state index >= 15 is 0 Å². The van der Waals surface area contributed by atoms with Crippen LogP contribution < -0.4 is 10.6 Å². The first-order chi connectivity index (χ1) is 11.8. The van der Waals surface area contributed by atoms with Crippen LogP contribution >= 0.6 is 28.1 Å². The molecule has 0 amide bonds. The number of rotatable bonds is 6. The molecule has 0 saturated carbocycles. The number of benzene rings is 1. The molecule has 0 aliphatic heterocycles. The van der Waals surface area contributed by atoms with Gasteiger partial charge in [0.1, 0.15) is 0 Å². The molecule has 0 aliphatic carbocycles. The number of hydrogen-bond donors (Lipinski definition) is 2. The van der Waals surface area contributed by atoms with Crippen LogP contribution in [-0.4, -0.2) is 21.4 Å². The predicted octanol–water partition coefficient (Wildman–Crippen LogP) is 4.03. The molecule has 25 heavy (non-hydrogen) atoms. The Bertz CT molecular complexity index is 716. The van der Waals surface area contributed by atoms with Gasteiger partial charge in [-0.25, -0.2) is 0 Å². The zero-order valence-electron chi connectivity index (χ0n) is 13.5. The summed E-state index contributed by atoms with van der Waals surface area (Å²) in [5.74, 6) is 0. The first kappa shape index (κ1) is 19.7. The summed E-state index contributed by atoms with van der Waals surface area (Å²) >= 11 is 8.14. The van der Waals surface area contributed by atoms with E-state index in [1.807, 2.05) is 30.3 Å². The minimum Gasteiger partial charge on any atom is -0.363 e. The highest BCUT2D eigenvalue weighted by Gasteiger charge is 2.37. The molecule has 0 unspecified atom stereocenters. The lowest BCUT2D eigenvalue weighted by atomic mass is 10.2. The molecule has 0 bridgehead atoms. The number of hydrogen-bond acceptors (Lipinski definition) is 2. The number of aryl methyl sites for hydroxylation is 1. The van der Waals surface area contributed by atoms with Gasteiger partial charge < -0.3 is 10.6 Å². The lowest BCUT2D eigenvalue weighted by Crippen LogP contribution is -2.35. The Morgan fingerprint density at radius 3 is 2.52 bits per heavy atom. The third kappa shape index (κ3) is 5.71. The molecule has 1 heterocycles. The van der Waals surface area contributed by atoms with Crippen molar-refractivity contribution in [1.82, 2.24) is 20.4 Å². The second-order valence-corrected chi connectivity index (χ2v) is 6.62. The van der Waals surface area contributed by atoms with Crippen molar-refractivity contribution < 1.29 is 13.2 Å². The highest BCUT2D eigenvalue weighted by atomic mass is 79.9. The van der Waals surface area contributed by atoms with Gasteiger partial charge in [0.15, 0.2) is 10.8 Å². The van der Waals surface area contributed by atoms with Gasteiger partial charge in [-0.05, 0) is 47.1 Å². The van der Waals surface area contributed by atoms with Crippen molar-refractivity contribution >= 4 is 33.3 Å². The summed E-state index contributed by atoms with van der Waals surface area (Å²) in [6, 6.07) is 9.83. The standard InChI is InChI=1S/C16H18BrF3N4S/c1-11-13(17)14(16(18,19)20)23-24(11)9-5-8-21-15(25)22-10-12-6-3-2-4-7-12/h2-4,6-7H,5,8-10H2,1H3,(H2,21,22,25). The molecular weight excluding hydrogens is 417 g/mol. The van der Waals surface area contributed by atoms with E-state index in [0.717, 1.165) is 5.56 Å². The van der Waals surface area contributed by atoms with Gasteiger partial charge in [0.2, 0.25) is 0 Å². The van der Waals surface area contributed by atoms with Crippen molar-refractivity contribution in [3.8, 4) is 0 Å². The van der Waals surface area contributed by atoms with Crippen molar-refractivity contribution in [3.63, 3.8) is 0 Å². The second-order valence-electron chi connectivity index (χ2n) is 5.42. The first-order valence-corrected chi connectivity index (χ1v) is 8.85. The Balaban J connectivity index is 1.75. The zero-order chi connectivity index (χ0) is 18.4. The van der Waals surface area contributed by atoms with E-state index in [9.17, 15) is 13.2 Å². The molecule has 0 fully saturated rings. The molecule has 4 nitrogen and oxygen atoms in total. The third-order valence-corrected chi connectivity index (χ3v) is 4.77. The molecule has 2 aromatic rings. The molecule has 1 aromatic heterocycles. The Morgan fingerprint density at radius 2 is 1.92 bits per heavy atom. The van der Waals surface area contributed by atoms with Crippen LogP contribution in [0.1, 0.15) is 23.4 Å². The molecule has 136 valence electrons. The van der Waals surface area contributed by atoms with Gasteiger partial charge >= 0.3 is 6.18 Å². The molecule has 2 N–H and O–H groups in total. The van der Waals surface area contributed by atoms with Gasteiger partial charge in [-0.15, -0.1) is 0 Å². The van der Waals surface area contributed by atoms with E-state index in [-0.39, 0.29) is 4.47 Å². The fraction of sp³-hybridized carbons (Fsp3) is 0.375. The van der Waals surface area contributed by atoms with Crippen LogP contribution in [0.5, 0.6) is 0 Å². The maximum atomic E-state index is 12.8.